The van der Waals surface area contributed by atoms with Crippen LogP contribution in [0.1, 0.15) is 18.7 Å². The number of methoxy groups -OCH3 is 2. The first-order valence-corrected chi connectivity index (χ1v) is 14.9. The number of benzene rings is 1. The van der Waals surface area contributed by atoms with Crippen molar-refractivity contribution in [1.82, 2.24) is 14.6 Å². The zero-order valence-electron chi connectivity index (χ0n) is 19.0. The number of carbonyl (C=O) groups is 1. The maximum Gasteiger partial charge on any atom is 0.459 e. The fraction of sp³-hybridized carbons (Fsp3) is 0.450. The highest BCUT2D eigenvalue weighted by Crippen LogP contribution is 2.45. The zero-order valence-corrected chi connectivity index (χ0v) is 22.9. The molecule has 0 aliphatic carbocycles. The van der Waals surface area contributed by atoms with Crippen LogP contribution in [0.2, 0.25) is 0 Å². The molecule has 1 aromatic carbocycles. The molecule has 2 rings (SSSR count). The average molecular weight is 627 g/mol. The summed E-state index contributed by atoms with van der Waals surface area (Å²) in [5.74, 6) is -0.428. The molecule has 2 aromatic rings. The molecule has 0 saturated heterocycles. The molecule has 0 aliphatic rings. The summed E-state index contributed by atoms with van der Waals surface area (Å²) in [4.78, 5) is 28.6. The number of nitrogens with one attached hydrogen (secondary N) is 1. The molecule has 0 radical (unpaired) electrons. The number of aromatic nitrogens is 2. The maximum atomic E-state index is 13.4. The summed E-state index contributed by atoms with van der Waals surface area (Å²) in [5.41, 5.74) is 0.0265. The van der Waals surface area contributed by atoms with Gasteiger partial charge >= 0.3 is 19.4 Å². The van der Waals surface area contributed by atoms with Gasteiger partial charge in [-0.25, -0.2) is 14.4 Å². The van der Waals surface area contributed by atoms with E-state index < -0.39 is 44.2 Å². The SMILES string of the molecule is COC(=O)CNP(=O)(OCC(OC)[C@@H](O)C(C)n1ccc(C)nc1=O)Oc1ccc(SI)cc1. The van der Waals surface area contributed by atoms with Crippen LogP contribution < -0.4 is 15.3 Å². The average Bonchev–Trinajstić information content (AvgIpc) is 2.83. The van der Waals surface area contributed by atoms with Gasteiger partial charge in [0.25, 0.3) is 0 Å². The van der Waals surface area contributed by atoms with E-state index in [1.165, 1.54) is 33.9 Å². The normalized spacial score (nSPS) is 15.7. The summed E-state index contributed by atoms with van der Waals surface area (Å²) in [6.07, 6.45) is -0.686. The molecule has 0 spiro atoms. The Morgan fingerprint density at radius 2 is 1.97 bits per heavy atom. The van der Waals surface area contributed by atoms with E-state index in [0.717, 1.165) is 4.90 Å². The van der Waals surface area contributed by atoms with Gasteiger partial charge in [0, 0.05) is 45.1 Å². The lowest BCUT2D eigenvalue weighted by atomic mass is 10.1. The largest absolute Gasteiger partial charge is 0.468 e. The predicted octanol–water partition coefficient (Wildman–Crippen LogP) is 2.90. The Hall–Kier alpha value is -1.48. The number of hydrogen-bond donors (Lipinski definition) is 2. The van der Waals surface area contributed by atoms with Gasteiger partial charge in [0.15, 0.2) is 0 Å². The number of rotatable bonds is 13. The summed E-state index contributed by atoms with van der Waals surface area (Å²) in [6.45, 7) is 2.50. The Labute approximate surface area is 213 Å². The summed E-state index contributed by atoms with van der Waals surface area (Å²) in [5, 5.41) is 13.3. The highest BCUT2D eigenvalue weighted by atomic mass is 127. The molecule has 0 aliphatic heterocycles. The molecule has 0 amide bonds. The van der Waals surface area contributed by atoms with Crippen LogP contribution in [0.3, 0.4) is 0 Å². The van der Waals surface area contributed by atoms with Gasteiger partial charge in [0.2, 0.25) is 0 Å². The second kappa shape index (κ2) is 13.6. The molecule has 1 aromatic heterocycles. The van der Waals surface area contributed by atoms with Crippen molar-refractivity contribution in [3.8, 4) is 5.75 Å². The predicted molar refractivity (Wildman–Crippen MR) is 135 cm³/mol. The third-order valence-corrected chi connectivity index (χ3v) is 8.24. The number of nitrogens with zero attached hydrogens (tertiary/aromatic N) is 2. The minimum atomic E-state index is -4.09. The van der Waals surface area contributed by atoms with E-state index >= 15 is 0 Å². The molecule has 0 saturated carbocycles. The fourth-order valence-electron chi connectivity index (χ4n) is 2.79. The van der Waals surface area contributed by atoms with E-state index in [0.29, 0.717) is 5.69 Å². The molecule has 34 heavy (non-hydrogen) atoms. The number of hydrogen-bond acceptors (Lipinski definition) is 10. The van der Waals surface area contributed by atoms with E-state index in [4.69, 9.17) is 13.8 Å². The van der Waals surface area contributed by atoms with Gasteiger partial charge in [-0.1, -0.05) is 8.93 Å². The third kappa shape index (κ3) is 8.33. The number of esters is 1. The van der Waals surface area contributed by atoms with Gasteiger partial charge in [0.1, 0.15) is 24.5 Å². The van der Waals surface area contributed by atoms with Crippen molar-refractivity contribution in [1.29, 1.82) is 0 Å². The van der Waals surface area contributed by atoms with Gasteiger partial charge < -0.3 is 19.1 Å². The molecule has 3 unspecified atom stereocenters. The molecule has 188 valence electrons. The Morgan fingerprint density at radius 3 is 2.53 bits per heavy atom. The lowest BCUT2D eigenvalue weighted by Crippen LogP contribution is -2.42. The van der Waals surface area contributed by atoms with Crippen LogP contribution in [-0.2, 0) is 23.4 Å². The molecule has 0 bridgehead atoms. The van der Waals surface area contributed by atoms with Crippen LogP contribution in [0.25, 0.3) is 0 Å². The van der Waals surface area contributed by atoms with Crippen molar-refractivity contribution >= 4 is 43.9 Å². The molecular weight excluding hydrogens is 600 g/mol. The van der Waals surface area contributed by atoms with Crippen LogP contribution >= 0.6 is 37.9 Å². The second-order valence-corrected chi connectivity index (χ2v) is 10.8. The topological polar surface area (TPSA) is 138 Å². The fourth-order valence-corrected chi connectivity index (χ4v) is 5.18. The minimum absolute atomic E-state index is 0.245. The van der Waals surface area contributed by atoms with Crippen LogP contribution in [-0.4, -0.2) is 60.2 Å². The number of aryl methyl sites for hydroxylation is 1. The maximum absolute atomic E-state index is 13.4. The van der Waals surface area contributed by atoms with E-state index in [9.17, 15) is 19.3 Å². The zero-order chi connectivity index (χ0) is 25.3. The monoisotopic (exact) mass is 627 g/mol. The van der Waals surface area contributed by atoms with Gasteiger partial charge in [-0.15, -0.1) is 0 Å². The molecule has 1 heterocycles. The number of carbonyl (C=O) groups excluding carboxylic acids is 1. The molecule has 0 fully saturated rings. The third-order valence-electron chi connectivity index (χ3n) is 4.78. The van der Waals surface area contributed by atoms with Crippen LogP contribution in [0, 0.1) is 6.92 Å². The Morgan fingerprint density at radius 1 is 1.29 bits per heavy atom. The van der Waals surface area contributed by atoms with Crippen molar-refractivity contribution in [2.45, 2.75) is 37.0 Å². The molecule has 11 nitrogen and oxygen atoms in total. The van der Waals surface area contributed by atoms with Crippen molar-refractivity contribution in [2.24, 2.45) is 0 Å². The van der Waals surface area contributed by atoms with Crippen LogP contribution in [0.15, 0.2) is 46.2 Å². The Balaban J connectivity index is 2.16. The Kier molecular flexibility index (Phi) is 11.5. The number of aliphatic hydroxyl groups is 1. The van der Waals surface area contributed by atoms with Crippen molar-refractivity contribution in [3.05, 3.63) is 52.7 Å². The van der Waals surface area contributed by atoms with Crippen molar-refractivity contribution in [3.63, 3.8) is 0 Å². The van der Waals surface area contributed by atoms with E-state index in [2.05, 4.69) is 36.0 Å². The lowest BCUT2D eigenvalue weighted by Gasteiger charge is -2.29. The van der Waals surface area contributed by atoms with Crippen LogP contribution in [0.4, 0.5) is 0 Å². The van der Waals surface area contributed by atoms with Gasteiger partial charge in [-0.3, -0.25) is 13.9 Å². The lowest BCUT2D eigenvalue weighted by molar-refractivity contribution is -0.139. The highest BCUT2D eigenvalue weighted by Gasteiger charge is 2.33. The first kappa shape index (κ1) is 28.8. The van der Waals surface area contributed by atoms with Crippen molar-refractivity contribution in [2.75, 3.05) is 27.4 Å². The number of ether oxygens (including phenoxy) is 2. The van der Waals surface area contributed by atoms with Crippen molar-refractivity contribution < 1.29 is 33.0 Å². The van der Waals surface area contributed by atoms with Gasteiger partial charge in [-0.2, -0.15) is 4.98 Å². The quantitative estimate of drug-likeness (QED) is 0.193. The first-order valence-electron chi connectivity index (χ1n) is 10.0. The van der Waals surface area contributed by atoms with E-state index in [1.807, 2.05) is 0 Å². The summed E-state index contributed by atoms with van der Waals surface area (Å²) in [6, 6.07) is 7.68. The van der Waals surface area contributed by atoms with Crippen LogP contribution in [0.5, 0.6) is 5.75 Å². The van der Waals surface area contributed by atoms with Gasteiger partial charge in [0.05, 0.1) is 19.8 Å². The molecule has 2 N–H and O–H groups in total. The molecule has 4 atom stereocenters. The summed E-state index contributed by atoms with van der Waals surface area (Å²) < 4.78 is 35.6. The highest BCUT2D eigenvalue weighted by molar-refractivity contribution is 14.2. The Bertz CT molecular complexity index is 1050. The minimum Gasteiger partial charge on any atom is -0.468 e. The number of halogens is 1. The smallest absolute Gasteiger partial charge is 0.459 e. The first-order chi connectivity index (χ1) is 16.1. The van der Waals surface area contributed by atoms with E-state index in [-0.39, 0.29) is 12.4 Å². The summed E-state index contributed by atoms with van der Waals surface area (Å²) in [7, 11) is -0.0550. The number of aliphatic hydroxyl groups excluding tert-OH is 1. The summed E-state index contributed by atoms with van der Waals surface area (Å²) >= 11 is 2.13. The molecule has 14 heteroatoms. The second-order valence-electron chi connectivity index (χ2n) is 7.11. The standard InChI is InChI=1S/C20H27IN3O8PS/c1-13-9-10-24(20(27)23-13)14(2)19(26)17(29-3)12-31-33(28,22-11-18(25)30-4)32-15-5-7-16(34-21)8-6-15/h5-10,14,17,19,26H,11-12H2,1-4H3,(H,22,28)/t14?,17?,19-,33?/m0/s1. The van der Waals surface area contributed by atoms with Gasteiger partial charge in [-0.05, 0) is 44.2 Å². The molecular formula is C20H27IN3O8PS. The van der Waals surface area contributed by atoms with E-state index in [1.54, 1.807) is 44.2 Å².